The SMILES string of the molecule is CC[C@H](C)NC(=O)[C@@H](Cc1ccccc1)N(Cc1ccc(F)cc1)C(=O)CCCN(c1cccc(OC)c1)S(C)(=O)=O. The van der Waals surface area contributed by atoms with Gasteiger partial charge in [-0.25, -0.2) is 12.8 Å². The van der Waals surface area contributed by atoms with Gasteiger partial charge in [-0.2, -0.15) is 0 Å². The van der Waals surface area contributed by atoms with E-state index in [1.807, 2.05) is 44.2 Å². The van der Waals surface area contributed by atoms with Crippen molar-refractivity contribution in [1.29, 1.82) is 0 Å². The molecule has 3 rings (SSSR count). The van der Waals surface area contributed by atoms with Crippen molar-refractivity contribution in [1.82, 2.24) is 10.2 Å². The maximum absolute atomic E-state index is 13.9. The predicted octanol–water partition coefficient (Wildman–Crippen LogP) is 4.94. The van der Waals surface area contributed by atoms with Gasteiger partial charge in [-0.15, -0.1) is 0 Å². The first-order valence-corrected chi connectivity index (χ1v) is 15.9. The largest absolute Gasteiger partial charge is 0.497 e. The maximum atomic E-state index is 13.9. The standard InChI is InChI=1S/C32H40FN3O5S/c1-5-24(2)34-32(38)30(21-25-11-7-6-8-12-25)35(23-26-16-18-27(33)19-17-26)31(37)15-10-20-36(42(4,39)40)28-13-9-14-29(22-28)41-3/h6-9,11-14,16-19,22,24,30H,5,10,15,20-21,23H2,1-4H3,(H,34,38)/t24-,30+/m0/s1. The van der Waals surface area contributed by atoms with Crippen molar-refractivity contribution in [2.24, 2.45) is 0 Å². The van der Waals surface area contributed by atoms with E-state index in [0.29, 0.717) is 17.0 Å². The van der Waals surface area contributed by atoms with Crippen LogP contribution in [-0.2, 0) is 32.6 Å². The second-order valence-corrected chi connectivity index (χ2v) is 12.2. The van der Waals surface area contributed by atoms with Crippen molar-refractivity contribution >= 4 is 27.5 Å². The number of rotatable bonds is 15. The molecule has 0 radical (unpaired) electrons. The molecule has 0 spiro atoms. The number of ether oxygens (including phenoxy) is 1. The van der Waals surface area contributed by atoms with E-state index in [2.05, 4.69) is 5.32 Å². The molecule has 1 N–H and O–H groups in total. The van der Waals surface area contributed by atoms with Crippen LogP contribution in [-0.4, -0.2) is 57.1 Å². The summed E-state index contributed by atoms with van der Waals surface area (Å²) >= 11 is 0. The zero-order valence-corrected chi connectivity index (χ0v) is 25.4. The molecule has 10 heteroatoms. The van der Waals surface area contributed by atoms with E-state index < -0.39 is 21.9 Å². The van der Waals surface area contributed by atoms with Crippen LogP contribution in [0.25, 0.3) is 0 Å². The fraction of sp³-hybridized carbons (Fsp3) is 0.375. The highest BCUT2D eigenvalue weighted by Crippen LogP contribution is 2.24. The third-order valence-corrected chi connectivity index (χ3v) is 8.23. The van der Waals surface area contributed by atoms with E-state index in [4.69, 9.17) is 4.74 Å². The van der Waals surface area contributed by atoms with Crippen molar-refractivity contribution in [3.63, 3.8) is 0 Å². The summed E-state index contributed by atoms with van der Waals surface area (Å²) in [6.45, 7) is 4.02. The lowest BCUT2D eigenvalue weighted by molar-refractivity contribution is -0.141. The van der Waals surface area contributed by atoms with E-state index in [9.17, 15) is 22.4 Å². The molecule has 0 heterocycles. The summed E-state index contributed by atoms with van der Waals surface area (Å²) in [6.07, 6.45) is 2.34. The summed E-state index contributed by atoms with van der Waals surface area (Å²) in [4.78, 5) is 29.0. The molecule has 2 amide bonds. The molecule has 0 aliphatic carbocycles. The molecule has 8 nitrogen and oxygen atoms in total. The van der Waals surface area contributed by atoms with Gasteiger partial charge in [-0.1, -0.05) is 55.5 Å². The zero-order chi connectivity index (χ0) is 30.7. The first kappa shape index (κ1) is 32.6. The average Bonchev–Trinajstić information content (AvgIpc) is 2.97. The van der Waals surface area contributed by atoms with Crippen LogP contribution in [0.15, 0.2) is 78.9 Å². The van der Waals surface area contributed by atoms with E-state index in [1.54, 1.807) is 36.4 Å². The summed E-state index contributed by atoms with van der Waals surface area (Å²) in [7, 11) is -2.15. The van der Waals surface area contributed by atoms with Gasteiger partial charge >= 0.3 is 0 Å². The minimum atomic E-state index is -3.65. The number of benzene rings is 3. The van der Waals surface area contributed by atoms with Gasteiger partial charge in [-0.05, 0) is 55.2 Å². The van der Waals surface area contributed by atoms with Crippen molar-refractivity contribution in [2.45, 2.75) is 58.2 Å². The molecule has 3 aromatic carbocycles. The zero-order valence-electron chi connectivity index (χ0n) is 24.6. The molecule has 0 aliphatic heterocycles. The first-order chi connectivity index (χ1) is 20.0. The third kappa shape index (κ3) is 9.58. The normalized spacial score (nSPS) is 12.7. The number of carbonyl (C=O) groups excluding carboxylic acids is 2. The Kier molecular flexibility index (Phi) is 11.9. The van der Waals surface area contributed by atoms with Crippen LogP contribution in [0.5, 0.6) is 5.75 Å². The van der Waals surface area contributed by atoms with E-state index in [-0.39, 0.29) is 50.2 Å². The average molecular weight is 598 g/mol. The Bertz CT molecular complexity index is 1420. The lowest BCUT2D eigenvalue weighted by Crippen LogP contribution is -2.52. The molecule has 0 saturated carbocycles. The van der Waals surface area contributed by atoms with Gasteiger partial charge in [0.2, 0.25) is 21.8 Å². The van der Waals surface area contributed by atoms with Gasteiger partial charge < -0.3 is 15.0 Å². The Labute approximate surface area is 248 Å². The molecule has 0 bridgehead atoms. The van der Waals surface area contributed by atoms with Crippen LogP contribution >= 0.6 is 0 Å². The summed E-state index contributed by atoms with van der Waals surface area (Å²) in [5, 5.41) is 3.01. The minimum Gasteiger partial charge on any atom is -0.497 e. The molecule has 2 atom stereocenters. The molecular weight excluding hydrogens is 557 g/mol. The molecule has 3 aromatic rings. The molecule has 0 fully saturated rings. The Morgan fingerprint density at radius 3 is 2.29 bits per heavy atom. The maximum Gasteiger partial charge on any atom is 0.243 e. The van der Waals surface area contributed by atoms with Crippen LogP contribution in [0.3, 0.4) is 0 Å². The second kappa shape index (κ2) is 15.3. The molecule has 0 unspecified atom stereocenters. The highest BCUT2D eigenvalue weighted by molar-refractivity contribution is 7.92. The van der Waals surface area contributed by atoms with Crippen LogP contribution in [0, 0.1) is 5.82 Å². The Morgan fingerprint density at radius 1 is 0.976 bits per heavy atom. The number of carbonyl (C=O) groups is 2. The smallest absolute Gasteiger partial charge is 0.243 e. The van der Waals surface area contributed by atoms with Crippen molar-refractivity contribution in [2.75, 3.05) is 24.2 Å². The Morgan fingerprint density at radius 2 is 1.67 bits per heavy atom. The number of methoxy groups -OCH3 is 1. The fourth-order valence-corrected chi connectivity index (χ4v) is 5.51. The van der Waals surface area contributed by atoms with Crippen molar-refractivity contribution in [3.8, 4) is 5.75 Å². The monoisotopic (exact) mass is 597 g/mol. The summed E-state index contributed by atoms with van der Waals surface area (Å²) in [5.41, 5.74) is 2.00. The summed E-state index contributed by atoms with van der Waals surface area (Å²) in [6, 6.07) is 21.1. The molecule has 0 aliphatic rings. The Balaban J connectivity index is 1.89. The van der Waals surface area contributed by atoms with Crippen molar-refractivity contribution < 1.29 is 27.1 Å². The van der Waals surface area contributed by atoms with E-state index >= 15 is 0 Å². The summed E-state index contributed by atoms with van der Waals surface area (Å²) in [5.74, 6) is -0.472. The topological polar surface area (TPSA) is 96.0 Å². The van der Waals surface area contributed by atoms with Gasteiger partial charge in [0.1, 0.15) is 17.6 Å². The fourth-order valence-electron chi connectivity index (χ4n) is 4.55. The molecule has 0 saturated heterocycles. The Hall–Kier alpha value is -3.92. The van der Waals surface area contributed by atoms with Gasteiger partial charge in [0.25, 0.3) is 0 Å². The second-order valence-electron chi connectivity index (χ2n) is 10.3. The first-order valence-electron chi connectivity index (χ1n) is 14.0. The van der Waals surface area contributed by atoms with E-state index in [1.165, 1.54) is 28.4 Å². The lowest BCUT2D eigenvalue weighted by atomic mass is 10.0. The van der Waals surface area contributed by atoms with Gasteiger partial charge in [0.05, 0.1) is 19.1 Å². The predicted molar refractivity (Wildman–Crippen MR) is 163 cm³/mol. The van der Waals surface area contributed by atoms with Crippen molar-refractivity contribution in [3.05, 3.63) is 95.8 Å². The number of sulfonamides is 1. The molecule has 226 valence electrons. The van der Waals surface area contributed by atoms with Crippen LogP contribution in [0.1, 0.15) is 44.2 Å². The molecular formula is C32H40FN3O5S. The number of anilines is 1. The van der Waals surface area contributed by atoms with Crippen LogP contribution < -0.4 is 14.4 Å². The molecule has 0 aromatic heterocycles. The van der Waals surface area contributed by atoms with E-state index in [0.717, 1.165) is 18.2 Å². The number of amides is 2. The summed E-state index contributed by atoms with van der Waals surface area (Å²) < 4.78 is 45.4. The number of hydrogen-bond acceptors (Lipinski definition) is 5. The number of halogens is 1. The van der Waals surface area contributed by atoms with Gasteiger partial charge in [0, 0.05) is 38.0 Å². The quantitative estimate of drug-likeness (QED) is 0.268. The van der Waals surface area contributed by atoms with Crippen LogP contribution in [0.2, 0.25) is 0 Å². The third-order valence-electron chi connectivity index (χ3n) is 7.03. The number of nitrogens with one attached hydrogen (secondary N) is 1. The van der Waals surface area contributed by atoms with Gasteiger partial charge in [0.15, 0.2) is 0 Å². The highest BCUT2D eigenvalue weighted by Gasteiger charge is 2.31. The highest BCUT2D eigenvalue weighted by atomic mass is 32.2. The lowest BCUT2D eigenvalue weighted by Gasteiger charge is -2.32. The number of nitrogens with zero attached hydrogens (tertiary/aromatic N) is 2. The van der Waals surface area contributed by atoms with Crippen LogP contribution in [0.4, 0.5) is 10.1 Å². The number of hydrogen-bond donors (Lipinski definition) is 1. The molecule has 42 heavy (non-hydrogen) atoms. The van der Waals surface area contributed by atoms with Gasteiger partial charge in [-0.3, -0.25) is 13.9 Å². The minimum absolute atomic E-state index is 0.000909.